The number of para-hydroxylation sites is 3. The summed E-state index contributed by atoms with van der Waals surface area (Å²) in [6, 6.07) is 66.5. The van der Waals surface area contributed by atoms with Gasteiger partial charge in [0.05, 0.1) is 27.8 Å². The summed E-state index contributed by atoms with van der Waals surface area (Å²) in [5, 5.41) is 7.55. The Bertz CT molecular complexity index is 3280. The van der Waals surface area contributed by atoms with Gasteiger partial charge in [-0.15, -0.1) is 0 Å². The molecule has 0 unspecified atom stereocenters. The number of hydrogen-bond donors (Lipinski definition) is 0. The first-order chi connectivity index (χ1) is 26.8. The summed E-state index contributed by atoms with van der Waals surface area (Å²) in [6.45, 7) is 0. The zero-order valence-electron chi connectivity index (χ0n) is 29.2. The molecular weight excluding hydrogens is 655 g/mol. The Balaban J connectivity index is 1.06. The second kappa shape index (κ2) is 11.1. The molecule has 0 fully saturated rings. The van der Waals surface area contributed by atoms with E-state index in [1.807, 2.05) is 12.3 Å². The fraction of sp³-hybridized carbons (Fsp3) is 0. The number of benzene rings is 8. The Morgan fingerprint density at radius 1 is 0.315 bits per heavy atom. The molecule has 1 aliphatic carbocycles. The molecule has 11 aromatic rings. The highest BCUT2D eigenvalue weighted by atomic mass is 15.0. The van der Waals surface area contributed by atoms with Crippen LogP contribution in [0.3, 0.4) is 0 Å². The number of fused-ring (bicyclic) bond motifs is 9. The Kier molecular flexibility index (Phi) is 6.05. The van der Waals surface area contributed by atoms with Crippen LogP contribution in [0, 0.1) is 0 Å². The molecule has 0 amide bonds. The zero-order valence-corrected chi connectivity index (χ0v) is 29.2. The zero-order chi connectivity index (χ0) is 35.3. The van der Waals surface area contributed by atoms with E-state index in [1.54, 1.807) is 0 Å². The van der Waals surface area contributed by atoms with Crippen molar-refractivity contribution in [3.8, 4) is 56.0 Å². The van der Waals surface area contributed by atoms with Crippen LogP contribution < -0.4 is 0 Å². The molecule has 8 aromatic carbocycles. The first-order valence-corrected chi connectivity index (χ1v) is 18.5. The highest BCUT2D eigenvalue weighted by molar-refractivity contribution is 6.19. The van der Waals surface area contributed by atoms with Gasteiger partial charge in [-0.25, -0.2) is 0 Å². The number of aromatic nitrogens is 3. The smallest absolute Gasteiger partial charge is 0.0786 e. The van der Waals surface area contributed by atoms with Crippen molar-refractivity contribution >= 4 is 54.4 Å². The van der Waals surface area contributed by atoms with Gasteiger partial charge < -0.3 is 9.13 Å². The van der Waals surface area contributed by atoms with E-state index in [2.05, 4.69) is 185 Å². The van der Waals surface area contributed by atoms with E-state index in [1.165, 1.54) is 99.0 Å². The minimum atomic E-state index is 1.08. The maximum absolute atomic E-state index is 4.78. The number of nitrogens with zero attached hydrogens (tertiary/aromatic N) is 3. The third-order valence-electron chi connectivity index (χ3n) is 11.5. The van der Waals surface area contributed by atoms with Crippen molar-refractivity contribution in [3.05, 3.63) is 188 Å². The van der Waals surface area contributed by atoms with E-state index in [-0.39, 0.29) is 0 Å². The van der Waals surface area contributed by atoms with Crippen molar-refractivity contribution in [3.63, 3.8) is 0 Å². The molecule has 0 saturated carbocycles. The normalized spacial score (nSPS) is 12.1. The van der Waals surface area contributed by atoms with Crippen molar-refractivity contribution in [1.29, 1.82) is 0 Å². The molecule has 12 rings (SSSR count). The van der Waals surface area contributed by atoms with Crippen LogP contribution in [0.2, 0.25) is 0 Å². The molecule has 3 aromatic heterocycles. The first-order valence-electron chi connectivity index (χ1n) is 18.5. The van der Waals surface area contributed by atoms with Crippen LogP contribution >= 0.6 is 0 Å². The first kappa shape index (κ1) is 29.4. The van der Waals surface area contributed by atoms with Gasteiger partial charge in [0.2, 0.25) is 0 Å². The highest BCUT2D eigenvalue weighted by Gasteiger charge is 2.24. The molecule has 3 nitrogen and oxygen atoms in total. The summed E-state index contributed by atoms with van der Waals surface area (Å²) in [4.78, 5) is 4.78. The quantitative estimate of drug-likeness (QED) is 0.181. The summed E-state index contributed by atoms with van der Waals surface area (Å²) < 4.78 is 4.80. The lowest BCUT2D eigenvalue weighted by Crippen LogP contribution is -1.93. The number of pyridine rings is 1. The fourth-order valence-corrected chi connectivity index (χ4v) is 9.15. The van der Waals surface area contributed by atoms with Gasteiger partial charge in [0.1, 0.15) is 0 Å². The molecule has 1 aliphatic rings. The minimum absolute atomic E-state index is 1.08. The van der Waals surface area contributed by atoms with Gasteiger partial charge in [0.25, 0.3) is 0 Å². The monoisotopic (exact) mass is 685 g/mol. The molecule has 0 spiro atoms. The SMILES string of the molecule is c1ccc(-n2c3ccccc3c3cc(-c4ccc5c(c4)c4ccc(-c6ccc7c8c(cccc68)-c6ncccc6-7)cc4n5-c4ccccc4)ccc32)cc1. The summed E-state index contributed by atoms with van der Waals surface area (Å²) >= 11 is 0. The molecule has 0 N–H and O–H groups in total. The van der Waals surface area contributed by atoms with Crippen molar-refractivity contribution in [2.45, 2.75) is 0 Å². The van der Waals surface area contributed by atoms with Gasteiger partial charge >= 0.3 is 0 Å². The van der Waals surface area contributed by atoms with Crippen LogP contribution in [0.15, 0.2) is 188 Å². The number of hydrogen-bond acceptors (Lipinski definition) is 1. The van der Waals surface area contributed by atoms with Gasteiger partial charge in [-0.2, -0.15) is 0 Å². The summed E-state index contributed by atoms with van der Waals surface area (Å²) in [5.41, 5.74) is 16.8. The van der Waals surface area contributed by atoms with Crippen LogP contribution in [-0.2, 0) is 0 Å². The van der Waals surface area contributed by atoms with Crippen molar-refractivity contribution in [2.75, 3.05) is 0 Å². The van der Waals surface area contributed by atoms with E-state index in [4.69, 9.17) is 4.98 Å². The van der Waals surface area contributed by atoms with Gasteiger partial charge in [-0.05, 0) is 105 Å². The van der Waals surface area contributed by atoms with Crippen molar-refractivity contribution in [2.24, 2.45) is 0 Å². The second-order valence-corrected chi connectivity index (χ2v) is 14.3. The maximum Gasteiger partial charge on any atom is 0.0786 e. The Morgan fingerprint density at radius 2 is 0.889 bits per heavy atom. The lowest BCUT2D eigenvalue weighted by Gasteiger charge is -2.11. The van der Waals surface area contributed by atoms with E-state index < -0.39 is 0 Å². The molecule has 0 saturated heterocycles. The van der Waals surface area contributed by atoms with Gasteiger partial charge in [-0.3, -0.25) is 4.98 Å². The van der Waals surface area contributed by atoms with E-state index in [0.717, 1.165) is 11.4 Å². The third-order valence-corrected chi connectivity index (χ3v) is 11.5. The molecule has 0 bridgehead atoms. The second-order valence-electron chi connectivity index (χ2n) is 14.3. The van der Waals surface area contributed by atoms with Crippen molar-refractivity contribution in [1.82, 2.24) is 14.1 Å². The molecule has 250 valence electrons. The molecule has 3 heterocycles. The Morgan fingerprint density at radius 3 is 1.63 bits per heavy atom. The molecule has 0 radical (unpaired) electrons. The average Bonchev–Trinajstić information content (AvgIpc) is 3.87. The molecule has 0 atom stereocenters. The lowest BCUT2D eigenvalue weighted by atomic mass is 9.94. The lowest BCUT2D eigenvalue weighted by molar-refractivity contribution is 1.18. The Labute approximate surface area is 311 Å². The van der Waals surface area contributed by atoms with Crippen LogP contribution in [0.1, 0.15) is 0 Å². The van der Waals surface area contributed by atoms with E-state index >= 15 is 0 Å². The topological polar surface area (TPSA) is 22.8 Å². The third kappa shape index (κ3) is 4.09. The fourth-order valence-electron chi connectivity index (χ4n) is 9.15. The number of rotatable bonds is 4. The predicted octanol–water partition coefficient (Wildman–Crippen LogP) is 13.4. The summed E-state index contributed by atoms with van der Waals surface area (Å²) in [5.74, 6) is 0. The molecule has 54 heavy (non-hydrogen) atoms. The van der Waals surface area contributed by atoms with Crippen molar-refractivity contribution < 1.29 is 0 Å². The van der Waals surface area contributed by atoms with Crippen LogP contribution in [0.25, 0.3) is 110 Å². The van der Waals surface area contributed by atoms with Gasteiger partial charge in [0.15, 0.2) is 0 Å². The van der Waals surface area contributed by atoms with Crippen LogP contribution in [0.5, 0.6) is 0 Å². The molecule has 3 heteroatoms. The highest BCUT2D eigenvalue weighted by Crippen LogP contribution is 2.49. The standard InChI is InChI=1S/C51H31N3/c1-3-11-35(12-4-1)53-46-19-8-7-15-38(46)44-29-32(21-26-47(44)53)33-22-27-48-45(30-33)39-23-20-34(31-49(39)54(48)36-13-5-2-6-14-36)37-24-25-41-42-18-10-28-52-51(42)43-17-9-16-40(37)50(41)43/h1-31H. The average molecular weight is 686 g/mol. The van der Waals surface area contributed by atoms with Gasteiger partial charge in [-0.1, -0.05) is 115 Å². The minimum Gasteiger partial charge on any atom is -0.309 e. The summed E-state index contributed by atoms with van der Waals surface area (Å²) in [6.07, 6.45) is 1.90. The van der Waals surface area contributed by atoms with E-state index in [0.29, 0.717) is 0 Å². The maximum atomic E-state index is 4.78. The van der Waals surface area contributed by atoms with Crippen LogP contribution in [-0.4, -0.2) is 14.1 Å². The van der Waals surface area contributed by atoms with Gasteiger partial charge in [0, 0.05) is 50.2 Å². The Hall–Kier alpha value is -7.23. The van der Waals surface area contributed by atoms with Crippen LogP contribution in [0.4, 0.5) is 0 Å². The van der Waals surface area contributed by atoms with E-state index in [9.17, 15) is 0 Å². The molecule has 0 aliphatic heterocycles. The summed E-state index contributed by atoms with van der Waals surface area (Å²) in [7, 11) is 0. The predicted molar refractivity (Wildman–Crippen MR) is 226 cm³/mol. The largest absolute Gasteiger partial charge is 0.309 e. The molecular formula is C51H31N3.